The second-order valence-corrected chi connectivity index (χ2v) is 13.6. The highest BCUT2D eigenvalue weighted by Gasteiger charge is 2.46. The number of piperidine rings is 1. The largest absolute Gasteiger partial charge is 0.392 e. The average Bonchev–Trinajstić information content (AvgIpc) is 3.57. The molecule has 2 nitrogen and oxygen atoms in total. The van der Waals surface area contributed by atoms with Crippen LogP contribution in [0.3, 0.4) is 0 Å². The van der Waals surface area contributed by atoms with Gasteiger partial charge < -0.3 is 10.2 Å². The van der Waals surface area contributed by atoms with E-state index in [-0.39, 0.29) is 0 Å². The standard InChI is InChI=1S/C18H27N.C16H27N.C3H6.C2H6/c1-14(15(2)19-3)13-16-9-11-18(12-10-16)17-7-5-4-6-8-17;1-11(2)15-13-7-8-14(9-13)17(15)12(3)10-16(4,5)6;1-3-2;1-2/h9-12,14,17,19H,2,4-8,13H2,1,3H3;13-15H,1,3,7-10H2,2,4-6H3;3H,1H2,2H3;1-2H3. The van der Waals surface area contributed by atoms with Crippen LogP contribution in [0.2, 0.25) is 0 Å². The fourth-order valence-corrected chi connectivity index (χ4v) is 6.87. The summed E-state index contributed by atoms with van der Waals surface area (Å²) >= 11 is 0. The first-order chi connectivity index (χ1) is 19.4. The van der Waals surface area contributed by atoms with Gasteiger partial charge in [-0.05, 0) is 93.1 Å². The Bertz CT molecular complexity index is 925. The van der Waals surface area contributed by atoms with E-state index in [9.17, 15) is 0 Å². The van der Waals surface area contributed by atoms with Crippen LogP contribution < -0.4 is 5.32 Å². The Hall–Kier alpha value is -2.22. The van der Waals surface area contributed by atoms with Crippen molar-refractivity contribution in [2.24, 2.45) is 17.3 Å². The van der Waals surface area contributed by atoms with Crippen LogP contribution in [0.15, 0.2) is 73.6 Å². The first-order valence-electron chi connectivity index (χ1n) is 16.6. The number of nitrogens with one attached hydrogen (secondary N) is 1. The van der Waals surface area contributed by atoms with Crippen LogP contribution in [-0.4, -0.2) is 24.0 Å². The summed E-state index contributed by atoms with van der Waals surface area (Å²) in [6, 6.07) is 10.6. The third kappa shape index (κ3) is 11.9. The van der Waals surface area contributed by atoms with Crippen molar-refractivity contribution in [2.45, 2.75) is 138 Å². The fraction of sp³-hybridized carbons (Fsp3) is 0.641. The van der Waals surface area contributed by atoms with Gasteiger partial charge in [-0.25, -0.2) is 0 Å². The molecule has 2 heteroatoms. The molecule has 2 bridgehead atoms. The Labute approximate surface area is 256 Å². The third-order valence-corrected chi connectivity index (χ3v) is 8.70. The van der Waals surface area contributed by atoms with Crippen molar-refractivity contribution in [3.05, 3.63) is 84.8 Å². The maximum absolute atomic E-state index is 4.36. The van der Waals surface area contributed by atoms with Crippen molar-refractivity contribution in [2.75, 3.05) is 7.05 Å². The van der Waals surface area contributed by atoms with Crippen molar-refractivity contribution >= 4 is 0 Å². The van der Waals surface area contributed by atoms with Gasteiger partial charge in [0.2, 0.25) is 0 Å². The van der Waals surface area contributed by atoms with Crippen molar-refractivity contribution < 1.29 is 0 Å². The van der Waals surface area contributed by atoms with Gasteiger partial charge in [-0.1, -0.05) is 116 Å². The topological polar surface area (TPSA) is 15.3 Å². The van der Waals surface area contributed by atoms with E-state index in [0.29, 0.717) is 17.4 Å². The van der Waals surface area contributed by atoms with Crippen LogP contribution in [0.25, 0.3) is 0 Å². The van der Waals surface area contributed by atoms with Gasteiger partial charge in [0.15, 0.2) is 0 Å². The van der Waals surface area contributed by atoms with Gasteiger partial charge in [0, 0.05) is 24.5 Å². The summed E-state index contributed by atoms with van der Waals surface area (Å²) in [5, 5.41) is 3.15. The first-order valence-corrected chi connectivity index (χ1v) is 16.6. The fourth-order valence-electron chi connectivity index (χ4n) is 6.87. The molecule has 1 aliphatic heterocycles. The van der Waals surface area contributed by atoms with Crippen molar-refractivity contribution in [3.63, 3.8) is 0 Å². The summed E-state index contributed by atoms with van der Waals surface area (Å²) < 4.78 is 0. The molecule has 2 aliphatic carbocycles. The van der Waals surface area contributed by atoms with E-state index < -0.39 is 0 Å². The predicted octanol–water partition coefficient (Wildman–Crippen LogP) is 11.2. The molecule has 4 atom stereocenters. The van der Waals surface area contributed by atoms with Gasteiger partial charge in [0.05, 0.1) is 6.04 Å². The minimum Gasteiger partial charge on any atom is -0.392 e. The summed E-state index contributed by atoms with van der Waals surface area (Å²) in [6.45, 7) is 33.2. The normalized spacial score (nSPS) is 22.1. The van der Waals surface area contributed by atoms with E-state index in [4.69, 9.17) is 0 Å². The van der Waals surface area contributed by atoms with Crippen LogP contribution in [0, 0.1) is 17.3 Å². The number of benzene rings is 1. The summed E-state index contributed by atoms with van der Waals surface area (Å²) in [7, 11) is 1.95. The SMILES string of the molecule is C=C(C)C1C2CCC(C2)N1C(=C)CC(C)(C)C.C=C(NC)C(C)Cc1ccc(C2CCCCC2)cc1.C=CC.CC. The Morgan fingerprint density at radius 3 is 2.05 bits per heavy atom. The second kappa shape index (κ2) is 18.3. The Morgan fingerprint density at radius 2 is 1.56 bits per heavy atom. The quantitative estimate of drug-likeness (QED) is 0.317. The molecule has 4 unspecified atom stereocenters. The number of allylic oxidation sites excluding steroid dienone is 3. The lowest BCUT2D eigenvalue weighted by molar-refractivity contribution is 0.190. The zero-order chi connectivity index (χ0) is 31.2. The molecule has 0 radical (unpaired) electrons. The summed E-state index contributed by atoms with van der Waals surface area (Å²) in [5.74, 6) is 2.15. The minimum atomic E-state index is 0.332. The maximum Gasteiger partial charge on any atom is 0.0525 e. The van der Waals surface area contributed by atoms with Gasteiger partial charge in [0.25, 0.3) is 0 Å². The Morgan fingerprint density at radius 1 is 1.00 bits per heavy atom. The lowest BCUT2D eigenvalue weighted by Crippen LogP contribution is -2.41. The molecular weight excluding hydrogens is 496 g/mol. The highest BCUT2D eigenvalue weighted by atomic mass is 15.2. The second-order valence-electron chi connectivity index (χ2n) is 13.6. The first kappa shape index (κ1) is 36.8. The molecule has 4 rings (SSSR count). The summed E-state index contributed by atoms with van der Waals surface area (Å²) in [4.78, 5) is 2.60. The zero-order valence-electron chi connectivity index (χ0n) is 28.6. The number of nitrogens with zero attached hydrogens (tertiary/aromatic N) is 1. The molecule has 1 heterocycles. The number of likely N-dealkylation sites (tertiary alicyclic amines) is 1. The van der Waals surface area contributed by atoms with Gasteiger partial charge in [-0.2, -0.15) is 0 Å². The van der Waals surface area contributed by atoms with Gasteiger partial charge in [0.1, 0.15) is 0 Å². The Balaban J connectivity index is 0.000000356. The molecule has 0 spiro atoms. The molecule has 3 aliphatic rings. The van der Waals surface area contributed by atoms with Crippen LogP contribution >= 0.6 is 0 Å². The highest BCUT2D eigenvalue weighted by molar-refractivity contribution is 5.27. The smallest absolute Gasteiger partial charge is 0.0525 e. The average molecular weight is 563 g/mol. The van der Waals surface area contributed by atoms with E-state index >= 15 is 0 Å². The number of fused-ring (bicyclic) bond motifs is 2. The van der Waals surface area contributed by atoms with Crippen molar-refractivity contribution in [3.8, 4) is 0 Å². The van der Waals surface area contributed by atoms with Gasteiger partial charge in [-0.15, -0.1) is 6.58 Å². The van der Waals surface area contributed by atoms with E-state index in [1.54, 1.807) is 11.6 Å². The molecule has 3 fully saturated rings. The summed E-state index contributed by atoms with van der Waals surface area (Å²) in [6.07, 6.45) is 15.0. The number of rotatable bonds is 8. The van der Waals surface area contributed by atoms with Crippen LogP contribution in [-0.2, 0) is 6.42 Å². The van der Waals surface area contributed by atoms with Crippen molar-refractivity contribution in [1.82, 2.24) is 10.2 Å². The van der Waals surface area contributed by atoms with E-state index in [0.717, 1.165) is 36.4 Å². The Kier molecular flexibility index (Phi) is 16.5. The highest BCUT2D eigenvalue weighted by Crippen LogP contribution is 2.47. The lowest BCUT2D eigenvalue weighted by atomic mass is 9.83. The van der Waals surface area contributed by atoms with Crippen LogP contribution in [0.1, 0.15) is 130 Å². The molecule has 41 heavy (non-hydrogen) atoms. The summed E-state index contributed by atoms with van der Waals surface area (Å²) in [5.41, 5.74) is 7.08. The molecular formula is C39H66N2. The maximum atomic E-state index is 4.36. The third-order valence-electron chi connectivity index (χ3n) is 8.70. The molecule has 1 N–H and O–H groups in total. The monoisotopic (exact) mass is 563 g/mol. The van der Waals surface area contributed by atoms with Crippen molar-refractivity contribution in [1.29, 1.82) is 0 Å². The predicted molar refractivity (Wildman–Crippen MR) is 185 cm³/mol. The number of hydrogen-bond acceptors (Lipinski definition) is 2. The molecule has 232 valence electrons. The van der Waals surface area contributed by atoms with Crippen LogP contribution in [0.4, 0.5) is 0 Å². The lowest BCUT2D eigenvalue weighted by Gasteiger charge is -2.40. The molecule has 1 aromatic rings. The zero-order valence-corrected chi connectivity index (χ0v) is 28.6. The molecule has 0 amide bonds. The minimum absolute atomic E-state index is 0.332. The number of hydrogen-bond donors (Lipinski definition) is 1. The molecule has 2 saturated carbocycles. The van der Waals surface area contributed by atoms with E-state index in [2.05, 4.69) is 95.4 Å². The van der Waals surface area contributed by atoms with E-state index in [1.165, 1.54) is 68.2 Å². The molecule has 0 aromatic heterocycles. The van der Waals surface area contributed by atoms with Gasteiger partial charge >= 0.3 is 0 Å². The van der Waals surface area contributed by atoms with Gasteiger partial charge in [-0.3, -0.25) is 0 Å². The molecule has 1 aromatic carbocycles. The molecule has 1 saturated heterocycles. The van der Waals surface area contributed by atoms with E-state index in [1.807, 2.05) is 27.8 Å². The van der Waals surface area contributed by atoms with Crippen LogP contribution in [0.5, 0.6) is 0 Å².